The standard InChI is InChI=1S/C16H25NO3S/c1-13(2)10-17(11-14(3)4)16(18)12-20-21(19)15-8-6-5-7-9-15/h5-9,13-14H,10-12H2,1-4H3. The summed E-state index contributed by atoms with van der Waals surface area (Å²) in [5, 5.41) is 0. The molecule has 1 rings (SSSR count). The minimum Gasteiger partial charge on any atom is -0.340 e. The molecular weight excluding hydrogens is 286 g/mol. The Bertz CT molecular complexity index is 450. The van der Waals surface area contributed by atoms with E-state index in [9.17, 15) is 9.00 Å². The van der Waals surface area contributed by atoms with Gasteiger partial charge in [-0.2, -0.15) is 0 Å². The molecule has 1 atom stereocenters. The number of rotatable bonds is 8. The predicted octanol–water partition coefficient (Wildman–Crippen LogP) is 2.87. The molecule has 0 bridgehead atoms. The van der Waals surface area contributed by atoms with E-state index in [4.69, 9.17) is 4.18 Å². The fraction of sp³-hybridized carbons (Fsp3) is 0.562. The average Bonchev–Trinajstić information content (AvgIpc) is 2.43. The minimum absolute atomic E-state index is 0.110. The van der Waals surface area contributed by atoms with Gasteiger partial charge in [-0.05, 0) is 24.0 Å². The molecule has 0 saturated carbocycles. The number of carbonyl (C=O) groups excluding carboxylic acids is 1. The lowest BCUT2D eigenvalue weighted by molar-refractivity contribution is -0.134. The number of benzene rings is 1. The number of nitrogens with zero attached hydrogens (tertiary/aromatic N) is 1. The number of hydrogen-bond acceptors (Lipinski definition) is 3. The first kappa shape index (κ1) is 17.9. The Morgan fingerprint density at radius 3 is 2.10 bits per heavy atom. The number of hydrogen-bond donors (Lipinski definition) is 0. The first-order chi connectivity index (χ1) is 9.90. The van der Waals surface area contributed by atoms with E-state index in [1.165, 1.54) is 0 Å². The van der Waals surface area contributed by atoms with Gasteiger partial charge in [-0.25, -0.2) is 4.21 Å². The van der Waals surface area contributed by atoms with E-state index in [-0.39, 0.29) is 12.5 Å². The molecular formula is C16H25NO3S. The van der Waals surface area contributed by atoms with Gasteiger partial charge in [-0.1, -0.05) is 45.9 Å². The summed E-state index contributed by atoms with van der Waals surface area (Å²) >= 11 is -1.59. The third kappa shape index (κ3) is 6.87. The molecule has 1 aromatic carbocycles. The Labute approximate surface area is 130 Å². The van der Waals surface area contributed by atoms with Crippen molar-refractivity contribution < 1.29 is 13.2 Å². The van der Waals surface area contributed by atoms with Crippen LogP contribution in [0.4, 0.5) is 0 Å². The van der Waals surface area contributed by atoms with Crippen molar-refractivity contribution >= 4 is 17.0 Å². The van der Waals surface area contributed by atoms with Crippen LogP contribution < -0.4 is 0 Å². The summed E-state index contributed by atoms with van der Waals surface area (Å²) in [6, 6.07) is 8.88. The molecule has 0 radical (unpaired) electrons. The van der Waals surface area contributed by atoms with Gasteiger partial charge < -0.3 is 4.90 Å². The monoisotopic (exact) mass is 311 g/mol. The Morgan fingerprint density at radius 1 is 1.10 bits per heavy atom. The molecule has 0 N–H and O–H groups in total. The second kappa shape index (κ2) is 8.95. The Hall–Kier alpha value is -1.20. The SMILES string of the molecule is CC(C)CN(CC(C)C)C(=O)COS(=O)c1ccccc1. The molecule has 0 heterocycles. The number of amides is 1. The van der Waals surface area contributed by atoms with E-state index in [0.717, 1.165) is 0 Å². The maximum Gasteiger partial charge on any atom is 0.250 e. The maximum absolute atomic E-state index is 12.2. The fourth-order valence-electron chi connectivity index (χ4n) is 1.95. The van der Waals surface area contributed by atoms with Gasteiger partial charge >= 0.3 is 0 Å². The second-order valence-corrected chi connectivity index (χ2v) is 7.07. The lowest BCUT2D eigenvalue weighted by atomic mass is 10.1. The molecule has 0 aliphatic rings. The first-order valence-electron chi connectivity index (χ1n) is 7.28. The maximum atomic E-state index is 12.2. The quantitative estimate of drug-likeness (QED) is 0.741. The Balaban J connectivity index is 2.55. The van der Waals surface area contributed by atoms with Gasteiger partial charge in [0.25, 0.3) is 0 Å². The largest absolute Gasteiger partial charge is 0.340 e. The summed E-state index contributed by atoms with van der Waals surface area (Å²) in [7, 11) is 0. The zero-order valence-corrected chi connectivity index (χ0v) is 14.1. The molecule has 0 fully saturated rings. The molecule has 0 saturated heterocycles. The smallest absolute Gasteiger partial charge is 0.250 e. The average molecular weight is 311 g/mol. The molecule has 1 unspecified atom stereocenters. The van der Waals surface area contributed by atoms with E-state index in [2.05, 4.69) is 27.7 Å². The van der Waals surface area contributed by atoms with E-state index in [1.54, 1.807) is 29.2 Å². The summed E-state index contributed by atoms with van der Waals surface area (Å²) in [5.41, 5.74) is 0. The predicted molar refractivity (Wildman–Crippen MR) is 85.1 cm³/mol. The summed E-state index contributed by atoms with van der Waals surface area (Å²) in [4.78, 5) is 14.6. The normalized spacial score (nSPS) is 12.7. The van der Waals surface area contributed by atoms with E-state index in [0.29, 0.717) is 29.8 Å². The van der Waals surface area contributed by atoms with Gasteiger partial charge in [0, 0.05) is 13.1 Å². The molecule has 1 amide bonds. The zero-order valence-electron chi connectivity index (χ0n) is 13.2. The molecule has 118 valence electrons. The first-order valence-corrected chi connectivity index (χ1v) is 8.35. The van der Waals surface area contributed by atoms with Gasteiger partial charge in [-0.15, -0.1) is 0 Å². The summed E-state index contributed by atoms with van der Waals surface area (Å²) in [6.07, 6.45) is 0. The van der Waals surface area contributed by atoms with Crippen molar-refractivity contribution in [2.75, 3.05) is 19.7 Å². The van der Waals surface area contributed by atoms with Gasteiger partial charge in [0.1, 0.15) is 6.61 Å². The molecule has 4 nitrogen and oxygen atoms in total. The lowest BCUT2D eigenvalue weighted by Gasteiger charge is -2.26. The molecule has 21 heavy (non-hydrogen) atoms. The van der Waals surface area contributed by atoms with E-state index >= 15 is 0 Å². The van der Waals surface area contributed by atoms with Crippen molar-refractivity contribution in [2.24, 2.45) is 11.8 Å². The van der Waals surface area contributed by atoms with Crippen LogP contribution in [0.25, 0.3) is 0 Å². The van der Waals surface area contributed by atoms with E-state index < -0.39 is 11.1 Å². The highest BCUT2D eigenvalue weighted by molar-refractivity contribution is 7.80. The van der Waals surface area contributed by atoms with Crippen LogP contribution in [0.3, 0.4) is 0 Å². The van der Waals surface area contributed by atoms with E-state index in [1.807, 2.05) is 6.07 Å². The third-order valence-electron chi connectivity index (χ3n) is 2.75. The molecule has 0 aliphatic heterocycles. The number of carbonyl (C=O) groups is 1. The van der Waals surface area contributed by atoms with Crippen LogP contribution in [0, 0.1) is 11.8 Å². The Kier molecular flexibility index (Phi) is 7.61. The highest BCUT2D eigenvalue weighted by atomic mass is 32.2. The zero-order chi connectivity index (χ0) is 15.8. The third-order valence-corrected chi connectivity index (χ3v) is 3.74. The fourth-order valence-corrected chi connectivity index (χ4v) is 2.68. The second-order valence-electron chi connectivity index (χ2n) is 5.90. The molecule has 0 aromatic heterocycles. The molecule has 0 spiro atoms. The van der Waals surface area contributed by atoms with Crippen molar-refractivity contribution in [1.82, 2.24) is 4.90 Å². The topological polar surface area (TPSA) is 46.6 Å². The van der Waals surface area contributed by atoms with Gasteiger partial charge in [0.05, 0.1) is 4.90 Å². The van der Waals surface area contributed by atoms with Crippen LogP contribution in [-0.2, 0) is 20.1 Å². The van der Waals surface area contributed by atoms with Crippen molar-refractivity contribution in [1.29, 1.82) is 0 Å². The highest BCUT2D eigenvalue weighted by Gasteiger charge is 2.17. The lowest BCUT2D eigenvalue weighted by Crippen LogP contribution is -2.39. The van der Waals surface area contributed by atoms with Gasteiger partial charge in [0.2, 0.25) is 5.91 Å². The molecule has 1 aromatic rings. The van der Waals surface area contributed by atoms with Crippen molar-refractivity contribution in [2.45, 2.75) is 32.6 Å². The van der Waals surface area contributed by atoms with Crippen LogP contribution in [0.15, 0.2) is 35.2 Å². The highest BCUT2D eigenvalue weighted by Crippen LogP contribution is 2.08. The van der Waals surface area contributed by atoms with Crippen molar-refractivity contribution in [3.63, 3.8) is 0 Å². The van der Waals surface area contributed by atoms with Crippen LogP contribution in [0.5, 0.6) is 0 Å². The van der Waals surface area contributed by atoms with Gasteiger partial charge in [-0.3, -0.25) is 8.98 Å². The van der Waals surface area contributed by atoms with Crippen molar-refractivity contribution in [3.8, 4) is 0 Å². The van der Waals surface area contributed by atoms with Crippen LogP contribution in [0.1, 0.15) is 27.7 Å². The van der Waals surface area contributed by atoms with Crippen LogP contribution in [0.2, 0.25) is 0 Å². The van der Waals surface area contributed by atoms with Crippen molar-refractivity contribution in [3.05, 3.63) is 30.3 Å². The Morgan fingerprint density at radius 2 is 1.62 bits per heavy atom. The van der Waals surface area contributed by atoms with Crippen LogP contribution >= 0.6 is 0 Å². The summed E-state index contributed by atoms with van der Waals surface area (Å²) in [5.74, 6) is 0.682. The van der Waals surface area contributed by atoms with Gasteiger partial charge in [0.15, 0.2) is 11.1 Å². The summed E-state index contributed by atoms with van der Waals surface area (Å²) < 4.78 is 17.1. The summed E-state index contributed by atoms with van der Waals surface area (Å²) in [6.45, 7) is 9.53. The molecule has 5 heteroatoms. The minimum atomic E-state index is -1.59. The molecule has 0 aliphatic carbocycles. The van der Waals surface area contributed by atoms with Crippen LogP contribution in [-0.4, -0.2) is 34.7 Å².